The molecule has 0 N–H and O–H groups in total. The van der Waals surface area contributed by atoms with Crippen LogP contribution in [0.2, 0.25) is 0 Å². The van der Waals surface area contributed by atoms with E-state index in [0.717, 1.165) is 29.5 Å². The molecule has 0 saturated heterocycles. The van der Waals surface area contributed by atoms with Gasteiger partial charge in [0.25, 0.3) is 0 Å². The Morgan fingerprint density at radius 3 is 2.35 bits per heavy atom. The van der Waals surface area contributed by atoms with E-state index < -0.39 is 21.3 Å². The fraction of sp³-hybridized carbons (Fsp3) is 0.190. The largest absolute Gasteiger partial charge is 1.00 e. The number of allylic oxidation sites excluding steroid dienone is 4. The number of fused-ring (bicyclic) bond motifs is 3. The molecule has 26 heavy (non-hydrogen) atoms. The van der Waals surface area contributed by atoms with E-state index in [1.54, 1.807) is 24.7 Å². The Morgan fingerprint density at radius 1 is 0.885 bits per heavy atom. The molecule has 1 fully saturated rings. The van der Waals surface area contributed by atoms with E-state index in [1.807, 2.05) is 6.07 Å². The van der Waals surface area contributed by atoms with E-state index in [0.29, 0.717) is 0 Å². The van der Waals surface area contributed by atoms with E-state index in [9.17, 15) is 8.78 Å². The van der Waals surface area contributed by atoms with Gasteiger partial charge in [-0.1, -0.05) is 0 Å². The van der Waals surface area contributed by atoms with Crippen molar-refractivity contribution in [3.8, 4) is 11.1 Å². The zero-order chi connectivity index (χ0) is 16.3. The maximum Gasteiger partial charge on any atom is -1.00 e. The number of benzene rings is 2. The average molecular weight is 468 g/mol. The molecule has 0 aromatic heterocycles. The van der Waals surface area contributed by atoms with Crippen LogP contribution in [-0.2, 0) is 27.7 Å². The molecule has 132 valence electrons. The van der Waals surface area contributed by atoms with Gasteiger partial charge in [0.1, 0.15) is 0 Å². The second kappa shape index (κ2) is 7.62. The van der Waals surface area contributed by atoms with Crippen molar-refractivity contribution in [3.63, 3.8) is 0 Å². The maximum absolute atomic E-state index is 14.4. The van der Waals surface area contributed by atoms with Crippen LogP contribution in [0, 0.1) is 11.6 Å². The predicted molar refractivity (Wildman–Crippen MR) is 90.3 cm³/mol. The van der Waals surface area contributed by atoms with Crippen molar-refractivity contribution >= 4 is 6.48 Å². The normalized spacial score (nSPS) is 15.3. The van der Waals surface area contributed by atoms with Crippen LogP contribution in [0.4, 0.5) is 8.78 Å². The summed E-state index contributed by atoms with van der Waals surface area (Å²) in [5.41, 5.74) is 4.19. The van der Waals surface area contributed by atoms with Crippen molar-refractivity contribution in [3.05, 3.63) is 74.6 Å². The fourth-order valence-corrected chi connectivity index (χ4v) is 11.8. The third-order valence-electron chi connectivity index (χ3n) is 5.16. The van der Waals surface area contributed by atoms with E-state index in [1.165, 1.54) is 27.7 Å². The van der Waals surface area contributed by atoms with Crippen LogP contribution >= 0.6 is 0 Å². The molecule has 3 aliphatic rings. The smallest absolute Gasteiger partial charge is 1.00 e. The summed E-state index contributed by atoms with van der Waals surface area (Å²) < 4.78 is 32.7. The van der Waals surface area contributed by atoms with Gasteiger partial charge in [-0.3, -0.25) is 0 Å². The minimum atomic E-state index is -2.14. The van der Waals surface area contributed by atoms with Crippen molar-refractivity contribution in [2.24, 2.45) is 0 Å². The van der Waals surface area contributed by atoms with Gasteiger partial charge in [-0.15, -0.1) is 0 Å². The van der Waals surface area contributed by atoms with E-state index in [2.05, 4.69) is 18.2 Å². The average Bonchev–Trinajstić information content (AvgIpc) is 3.11. The molecule has 2 aromatic rings. The van der Waals surface area contributed by atoms with Gasteiger partial charge in [0.2, 0.25) is 0 Å². The summed E-state index contributed by atoms with van der Waals surface area (Å²) in [6.45, 7) is 0. The topological polar surface area (TPSA) is 0 Å². The van der Waals surface area contributed by atoms with Crippen LogP contribution in [0.15, 0.2) is 51.8 Å². The molecule has 0 bridgehead atoms. The molecular weight excluding hydrogens is 452 g/mol. The van der Waals surface area contributed by atoms with Crippen LogP contribution in [-0.4, -0.2) is 3.21 Å². The standard InChI is InChI=1S/C13H7F2.C5H5.C3H4.2ClH.Zr/c14-10-3-1-8-5-9-2-4-11(15)7-13(9)12(8)6-10;1-2-4-5-3-1;1-2-3-1;;;/h1,3-4,6-7H,5H2;1-3H,4H2;1-2H2;2*1H;/q;;;;;+2/p-2. The number of halogens is 4. The van der Waals surface area contributed by atoms with Gasteiger partial charge >= 0.3 is 148 Å². The van der Waals surface area contributed by atoms with Crippen LogP contribution < -0.4 is 28.1 Å². The molecule has 5 rings (SSSR count). The summed E-state index contributed by atoms with van der Waals surface area (Å²) in [4.78, 5) is 0. The van der Waals surface area contributed by atoms with Gasteiger partial charge < -0.3 is 24.8 Å². The van der Waals surface area contributed by atoms with Crippen LogP contribution in [0.3, 0.4) is 0 Å². The zero-order valence-electron chi connectivity index (χ0n) is 14.0. The Labute approximate surface area is 172 Å². The molecule has 0 unspecified atom stereocenters. The van der Waals surface area contributed by atoms with Crippen molar-refractivity contribution in [1.82, 2.24) is 0 Å². The number of rotatable bonds is 2. The zero-order valence-corrected chi connectivity index (χ0v) is 17.9. The molecule has 0 amide bonds. The van der Waals surface area contributed by atoms with Crippen LogP contribution in [0.1, 0.15) is 30.4 Å². The molecule has 5 heteroatoms. The van der Waals surface area contributed by atoms with Gasteiger partial charge in [0.05, 0.1) is 0 Å². The molecule has 3 aliphatic carbocycles. The van der Waals surface area contributed by atoms with E-state index >= 15 is 0 Å². The Kier molecular flexibility index (Phi) is 5.82. The van der Waals surface area contributed by atoms with Crippen LogP contribution in [0.25, 0.3) is 11.1 Å². The van der Waals surface area contributed by atoms with Crippen molar-refractivity contribution in [1.29, 1.82) is 0 Å². The third-order valence-corrected chi connectivity index (χ3v) is 13.0. The monoisotopic (exact) mass is 466 g/mol. The number of hydrogen-bond donors (Lipinski definition) is 0. The van der Waals surface area contributed by atoms with Crippen molar-refractivity contribution in [2.75, 3.05) is 0 Å². The summed E-state index contributed by atoms with van der Waals surface area (Å²) in [7, 11) is 0. The summed E-state index contributed by atoms with van der Waals surface area (Å²) in [5, 5.41) is 0. The first-order chi connectivity index (χ1) is 11.7. The van der Waals surface area contributed by atoms with E-state index in [-0.39, 0.29) is 36.4 Å². The minimum absolute atomic E-state index is 0. The van der Waals surface area contributed by atoms with Gasteiger partial charge in [0.15, 0.2) is 0 Å². The Balaban J connectivity index is 0.000000980. The van der Waals surface area contributed by atoms with Gasteiger partial charge in [-0.05, 0) is 0 Å². The molecular formula is C21H16Cl2F2Zr. The second-order valence-corrected chi connectivity index (χ2v) is 13.2. The summed E-state index contributed by atoms with van der Waals surface area (Å²) >= 11 is -2.14. The Morgan fingerprint density at radius 2 is 1.65 bits per heavy atom. The van der Waals surface area contributed by atoms with Gasteiger partial charge in [0, 0.05) is 0 Å². The molecule has 0 aliphatic heterocycles. The number of hydrogen-bond acceptors (Lipinski definition) is 0. The van der Waals surface area contributed by atoms with Crippen molar-refractivity contribution in [2.45, 2.75) is 25.7 Å². The summed E-state index contributed by atoms with van der Waals surface area (Å²) in [6.07, 6.45) is 10.9. The first-order valence-corrected chi connectivity index (χ1v) is 12.1. The van der Waals surface area contributed by atoms with Crippen LogP contribution in [0.5, 0.6) is 0 Å². The Hall–Kier alpha value is -0.887. The third kappa shape index (κ3) is 3.35. The van der Waals surface area contributed by atoms with Gasteiger partial charge in [-0.2, -0.15) is 0 Å². The first kappa shape index (κ1) is 19.9. The quantitative estimate of drug-likeness (QED) is 0.434. The fourth-order valence-electron chi connectivity index (χ4n) is 3.97. The maximum atomic E-state index is 14.4. The summed E-state index contributed by atoms with van der Waals surface area (Å²) in [5.74, 6) is -0.419. The van der Waals surface area contributed by atoms with E-state index in [4.69, 9.17) is 0 Å². The minimum Gasteiger partial charge on any atom is -1.00 e. The molecule has 1 saturated carbocycles. The van der Waals surface area contributed by atoms with Crippen molar-refractivity contribution < 1.29 is 54.9 Å². The SMILES string of the molecule is Fc1ccc2c(c1)-c1cc(F)c[c]([Zr+2]([C]3=CC=CC3)=[C]3CC3)c1C2.[Cl-].[Cl-]. The Bertz CT molecular complexity index is 984. The predicted octanol–water partition coefficient (Wildman–Crippen LogP) is -1.40. The molecule has 0 radical (unpaired) electrons. The molecule has 0 heterocycles. The molecule has 0 nitrogen and oxygen atoms in total. The second-order valence-electron chi connectivity index (χ2n) is 6.76. The molecule has 0 atom stereocenters. The van der Waals surface area contributed by atoms with Gasteiger partial charge in [-0.25, -0.2) is 0 Å². The molecule has 0 spiro atoms. The molecule has 2 aromatic carbocycles. The summed E-state index contributed by atoms with van der Waals surface area (Å²) in [6, 6.07) is 8.33. The first-order valence-electron chi connectivity index (χ1n) is 8.40.